The van der Waals surface area contributed by atoms with Gasteiger partial charge in [0.25, 0.3) is 0 Å². The second-order valence-corrected chi connectivity index (χ2v) is 3.21. The molecule has 9 heavy (non-hydrogen) atoms. The van der Waals surface area contributed by atoms with Crippen LogP contribution in [0.1, 0.15) is 13.3 Å². The third-order valence-corrected chi connectivity index (χ3v) is 2.24. The molecule has 3 nitrogen and oxygen atoms in total. The van der Waals surface area contributed by atoms with Crippen LogP contribution in [-0.2, 0) is 16.0 Å². The summed E-state index contributed by atoms with van der Waals surface area (Å²) in [7, 11) is 0. The third-order valence-electron chi connectivity index (χ3n) is 0.991. The molecule has 1 N–H and O–H groups in total. The summed E-state index contributed by atoms with van der Waals surface area (Å²) in [6.07, 6.45) is 3.74. The number of rotatable bonds is 4. The van der Waals surface area contributed by atoms with Crippen molar-refractivity contribution in [3.63, 3.8) is 0 Å². The van der Waals surface area contributed by atoms with Gasteiger partial charge in [0.15, 0.2) is 5.37 Å². The molecule has 53 valence electrons. The number of amides is 1. The van der Waals surface area contributed by atoms with Crippen molar-refractivity contribution in [2.75, 3.05) is 6.26 Å². The molecule has 0 heterocycles. The molecule has 0 aliphatic carbocycles. The summed E-state index contributed by atoms with van der Waals surface area (Å²) in [4.78, 5) is 9.71. The molecule has 1 amide bonds. The first kappa shape index (κ1) is 8.78. The molecule has 4 heteroatoms. The topological polar surface area (TPSA) is 52.2 Å². The maximum Gasteiger partial charge on any atom is 0.313 e. The molecule has 0 spiro atoms. The van der Waals surface area contributed by atoms with Crippen LogP contribution in [0.25, 0.3) is 0 Å². The molecule has 0 bridgehead atoms. The summed E-state index contributed by atoms with van der Waals surface area (Å²) in [6, 6.07) is 0. The van der Waals surface area contributed by atoms with Crippen molar-refractivity contribution in [1.82, 2.24) is 5.32 Å². The van der Waals surface area contributed by atoms with E-state index in [4.69, 9.17) is 0 Å². The van der Waals surface area contributed by atoms with Crippen molar-refractivity contribution in [3.8, 4) is 0 Å². The Bertz CT molecular complexity index is 87.0. The van der Waals surface area contributed by atoms with E-state index >= 15 is 0 Å². The minimum Gasteiger partial charge on any atom is -0.615 e. The fourth-order valence-electron chi connectivity index (χ4n) is 0.485. The van der Waals surface area contributed by atoms with E-state index in [1.165, 1.54) is 6.41 Å². The van der Waals surface area contributed by atoms with E-state index in [2.05, 4.69) is 5.32 Å². The van der Waals surface area contributed by atoms with Crippen LogP contribution < -0.4 is 5.32 Å². The average molecular weight is 148 g/mol. The van der Waals surface area contributed by atoms with Gasteiger partial charge in [-0.25, -0.2) is 0 Å². The minimum atomic E-state index is -0.977. The largest absolute Gasteiger partial charge is 0.615 e. The first-order valence-electron chi connectivity index (χ1n) is 2.67. The smallest absolute Gasteiger partial charge is 0.313 e. The van der Waals surface area contributed by atoms with E-state index in [0.29, 0.717) is 6.42 Å². The normalized spacial score (nSPS) is 16.3. The zero-order valence-electron chi connectivity index (χ0n) is 5.51. The van der Waals surface area contributed by atoms with Crippen molar-refractivity contribution in [2.45, 2.75) is 18.7 Å². The first-order chi connectivity index (χ1) is 4.22. The monoisotopic (exact) mass is 148 g/mol. The van der Waals surface area contributed by atoms with Gasteiger partial charge in [-0.2, -0.15) is 0 Å². The van der Waals surface area contributed by atoms with E-state index in [1.54, 1.807) is 6.26 Å². The van der Waals surface area contributed by atoms with Gasteiger partial charge >= 0.3 is 6.41 Å². The lowest BCUT2D eigenvalue weighted by Gasteiger charge is -2.14. The Balaban J connectivity index is 3.53. The quantitative estimate of drug-likeness (QED) is 0.442. The summed E-state index contributed by atoms with van der Waals surface area (Å²) in [5.74, 6) is 0. The zero-order chi connectivity index (χ0) is 7.28. The Morgan fingerprint density at radius 2 is 2.44 bits per heavy atom. The van der Waals surface area contributed by atoms with Crippen molar-refractivity contribution in [3.05, 3.63) is 0 Å². The SMILES string of the molecule is CCC(N[C]=O)[S+](C)[O-]. The number of hydrogen-bond acceptors (Lipinski definition) is 2. The van der Waals surface area contributed by atoms with Crippen LogP contribution in [0.4, 0.5) is 0 Å². The van der Waals surface area contributed by atoms with Gasteiger partial charge in [0, 0.05) is 6.42 Å². The molecule has 0 aliphatic heterocycles. The van der Waals surface area contributed by atoms with Gasteiger partial charge in [0.05, 0.1) is 6.26 Å². The van der Waals surface area contributed by atoms with Crippen molar-refractivity contribution in [2.24, 2.45) is 0 Å². The Morgan fingerprint density at radius 1 is 1.89 bits per heavy atom. The molecule has 0 aromatic heterocycles. The molecule has 0 aliphatic rings. The van der Waals surface area contributed by atoms with Crippen LogP contribution in [-0.4, -0.2) is 22.6 Å². The highest BCUT2D eigenvalue weighted by Crippen LogP contribution is 1.97. The van der Waals surface area contributed by atoms with Gasteiger partial charge in [0.2, 0.25) is 0 Å². The second kappa shape index (κ2) is 4.64. The summed E-state index contributed by atoms with van der Waals surface area (Å²) < 4.78 is 10.6. The molecule has 0 aromatic rings. The van der Waals surface area contributed by atoms with Crippen LogP contribution >= 0.6 is 0 Å². The number of carbonyl (C=O) groups excluding carboxylic acids is 1. The van der Waals surface area contributed by atoms with Gasteiger partial charge < -0.3 is 9.87 Å². The van der Waals surface area contributed by atoms with Gasteiger partial charge in [-0.15, -0.1) is 0 Å². The zero-order valence-corrected chi connectivity index (χ0v) is 6.33. The van der Waals surface area contributed by atoms with E-state index < -0.39 is 11.2 Å². The van der Waals surface area contributed by atoms with Crippen LogP contribution in [0.3, 0.4) is 0 Å². The van der Waals surface area contributed by atoms with Gasteiger partial charge in [-0.05, 0) is 11.2 Å². The van der Waals surface area contributed by atoms with Crippen LogP contribution in [0, 0.1) is 0 Å². The van der Waals surface area contributed by atoms with Gasteiger partial charge in [-0.3, -0.25) is 4.79 Å². The highest BCUT2D eigenvalue weighted by Gasteiger charge is 2.13. The molecular formula is C5H10NO2S. The lowest BCUT2D eigenvalue weighted by atomic mass is 10.5. The number of nitrogens with one attached hydrogen (secondary N) is 1. The maximum atomic E-state index is 10.6. The molecule has 2 atom stereocenters. The molecule has 0 saturated heterocycles. The van der Waals surface area contributed by atoms with Crippen LogP contribution in [0.5, 0.6) is 0 Å². The molecule has 0 aromatic carbocycles. The van der Waals surface area contributed by atoms with Crippen LogP contribution in [0.15, 0.2) is 0 Å². The van der Waals surface area contributed by atoms with Crippen LogP contribution in [0.2, 0.25) is 0 Å². The Morgan fingerprint density at radius 3 is 2.56 bits per heavy atom. The van der Waals surface area contributed by atoms with Crippen molar-refractivity contribution >= 4 is 17.6 Å². The second-order valence-electron chi connectivity index (χ2n) is 1.64. The molecular weight excluding hydrogens is 138 g/mol. The fraction of sp³-hybridized carbons (Fsp3) is 0.800. The molecule has 0 fully saturated rings. The fourth-order valence-corrected chi connectivity index (χ4v) is 1.17. The minimum absolute atomic E-state index is 0.234. The Kier molecular flexibility index (Phi) is 4.53. The Labute approximate surface area is 58.0 Å². The lowest BCUT2D eigenvalue weighted by Crippen LogP contribution is -2.34. The summed E-state index contributed by atoms with van der Waals surface area (Å²) in [5, 5.41) is 2.09. The highest BCUT2D eigenvalue weighted by atomic mass is 32.2. The predicted molar refractivity (Wildman–Crippen MR) is 37.0 cm³/mol. The van der Waals surface area contributed by atoms with Gasteiger partial charge in [-0.1, -0.05) is 6.92 Å². The van der Waals surface area contributed by atoms with E-state index in [1.807, 2.05) is 6.92 Å². The standard InChI is InChI=1S/C5H10NO2S/c1-3-5(6-4-7)9(2)8/h5H,3H2,1-2H3,(H,6,7). The number of hydrogen-bond donors (Lipinski definition) is 1. The summed E-state index contributed by atoms with van der Waals surface area (Å²) >= 11 is -0.977. The third kappa shape index (κ3) is 3.37. The Hall–Kier alpha value is -0.220. The van der Waals surface area contributed by atoms with Crippen molar-refractivity contribution in [1.29, 1.82) is 0 Å². The van der Waals surface area contributed by atoms with E-state index in [9.17, 15) is 9.35 Å². The van der Waals surface area contributed by atoms with Crippen molar-refractivity contribution < 1.29 is 9.35 Å². The lowest BCUT2D eigenvalue weighted by molar-refractivity contribution is 0.527. The average Bonchev–Trinajstić information content (AvgIpc) is 1.82. The van der Waals surface area contributed by atoms with E-state index in [-0.39, 0.29) is 5.37 Å². The van der Waals surface area contributed by atoms with E-state index in [0.717, 1.165) is 0 Å². The summed E-state index contributed by atoms with van der Waals surface area (Å²) in [6.45, 7) is 1.86. The molecule has 0 rings (SSSR count). The predicted octanol–water partition coefficient (Wildman–Crippen LogP) is -0.242. The van der Waals surface area contributed by atoms with Gasteiger partial charge in [0.1, 0.15) is 0 Å². The summed E-state index contributed by atoms with van der Waals surface area (Å²) in [5.41, 5.74) is 0. The molecule has 1 radical (unpaired) electrons. The first-order valence-corrected chi connectivity index (χ1v) is 4.29. The molecule has 0 saturated carbocycles. The molecule has 2 unspecified atom stereocenters. The highest BCUT2D eigenvalue weighted by molar-refractivity contribution is 7.91. The maximum absolute atomic E-state index is 10.6.